The maximum absolute atomic E-state index is 11.9. The van der Waals surface area contributed by atoms with Crippen LogP contribution >= 0.6 is 0 Å². The highest BCUT2D eigenvalue weighted by molar-refractivity contribution is 5.98. The van der Waals surface area contributed by atoms with Gasteiger partial charge in [0.15, 0.2) is 0 Å². The van der Waals surface area contributed by atoms with Crippen LogP contribution in [-0.2, 0) is 11.3 Å². The lowest BCUT2D eigenvalue weighted by Gasteiger charge is -2.16. The molecule has 0 aliphatic carbocycles. The number of nitrogens with one attached hydrogen (secondary N) is 2. The Labute approximate surface area is 210 Å². The summed E-state index contributed by atoms with van der Waals surface area (Å²) in [6, 6.07) is 22.8. The van der Waals surface area contributed by atoms with Gasteiger partial charge in [-0.05, 0) is 36.6 Å². The van der Waals surface area contributed by atoms with Gasteiger partial charge in [-0.15, -0.1) is 0 Å². The number of fused-ring (bicyclic) bond motifs is 1. The molecule has 0 spiro atoms. The van der Waals surface area contributed by atoms with Crippen LogP contribution in [0.5, 0.6) is 0 Å². The normalized spacial score (nSPS) is 12.1. The molecule has 5 rings (SSSR count). The van der Waals surface area contributed by atoms with Crippen LogP contribution in [0.2, 0.25) is 0 Å². The molecule has 36 heavy (non-hydrogen) atoms. The number of nitrogens with zero attached hydrogens (tertiary/aromatic N) is 3. The molecule has 0 fully saturated rings. The first-order valence-electron chi connectivity index (χ1n) is 12.3. The van der Waals surface area contributed by atoms with Gasteiger partial charge in [-0.1, -0.05) is 67.9 Å². The highest BCUT2D eigenvalue weighted by atomic mass is 16.1. The highest BCUT2D eigenvalue weighted by Crippen LogP contribution is 2.36. The quantitative estimate of drug-likeness (QED) is 0.265. The molecular weight excluding hydrogens is 446 g/mol. The van der Waals surface area contributed by atoms with Gasteiger partial charge in [-0.3, -0.25) is 14.9 Å². The fraction of sp³-hybridized carbons (Fsp3) is 0.200. The first-order valence-corrected chi connectivity index (χ1v) is 12.3. The lowest BCUT2D eigenvalue weighted by atomic mass is 9.96. The topological polar surface area (TPSA) is 83.6 Å². The third kappa shape index (κ3) is 4.95. The second-order valence-electron chi connectivity index (χ2n) is 8.99. The van der Waals surface area contributed by atoms with E-state index in [9.17, 15) is 4.79 Å². The van der Waals surface area contributed by atoms with Crippen molar-refractivity contribution in [3.63, 3.8) is 0 Å². The Hall–Kier alpha value is -4.16. The number of H-pyrrole nitrogens is 1. The number of hydrogen-bond acceptors (Lipinski definition) is 5. The van der Waals surface area contributed by atoms with Crippen molar-refractivity contribution in [2.75, 3.05) is 0 Å². The van der Waals surface area contributed by atoms with Gasteiger partial charge in [-0.2, -0.15) is 5.10 Å². The molecule has 0 aliphatic heterocycles. The van der Waals surface area contributed by atoms with Gasteiger partial charge in [0, 0.05) is 41.0 Å². The summed E-state index contributed by atoms with van der Waals surface area (Å²) < 4.78 is 0. The van der Waals surface area contributed by atoms with E-state index in [-0.39, 0.29) is 11.8 Å². The molecule has 0 saturated heterocycles. The molecule has 3 heterocycles. The minimum Gasteiger partial charge on any atom is -0.303 e. The fourth-order valence-corrected chi connectivity index (χ4v) is 4.52. The number of aromatic nitrogens is 4. The van der Waals surface area contributed by atoms with E-state index in [1.165, 1.54) is 0 Å². The van der Waals surface area contributed by atoms with E-state index in [1.54, 1.807) is 19.3 Å². The molecule has 5 aromatic rings. The van der Waals surface area contributed by atoms with Gasteiger partial charge in [0.1, 0.15) is 5.78 Å². The van der Waals surface area contributed by atoms with Crippen molar-refractivity contribution in [1.82, 2.24) is 25.5 Å². The van der Waals surface area contributed by atoms with Crippen molar-refractivity contribution < 1.29 is 4.79 Å². The predicted octanol–water partition coefficient (Wildman–Crippen LogP) is 6.20. The van der Waals surface area contributed by atoms with Gasteiger partial charge in [0.2, 0.25) is 0 Å². The Morgan fingerprint density at radius 1 is 0.972 bits per heavy atom. The maximum Gasteiger partial charge on any atom is 0.146 e. The van der Waals surface area contributed by atoms with Crippen LogP contribution in [0.1, 0.15) is 32.3 Å². The molecule has 2 aromatic carbocycles. The lowest BCUT2D eigenvalue weighted by molar-refractivity contribution is -0.119. The van der Waals surface area contributed by atoms with Crippen LogP contribution < -0.4 is 5.32 Å². The lowest BCUT2D eigenvalue weighted by Crippen LogP contribution is -2.34. The number of benzene rings is 2. The first kappa shape index (κ1) is 23.6. The molecule has 6 nitrogen and oxygen atoms in total. The summed E-state index contributed by atoms with van der Waals surface area (Å²) in [6.45, 7) is 4.41. The molecule has 3 aromatic heterocycles. The molecule has 1 atom stereocenters. The van der Waals surface area contributed by atoms with Gasteiger partial charge in [0.05, 0.1) is 29.1 Å². The fourth-order valence-electron chi connectivity index (χ4n) is 4.52. The zero-order valence-corrected chi connectivity index (χ0v) is 20.5. The Kier molecular flexibility index (Phi) is 6.96. The van der Waals surface area contributed by atoms with E-state index < -0.39 is 0 Å². The van der Waals surface area contributed by atoms with E-state index in [4.69, 9.17) is 4.98 Å². The standard InChI is InChI=1S/C30H29N5O/c1-3-7-27(20(2)36)32-17-21-10-12-23(13-11-21)30-25(22-8-5-4-6-9-22)16-26-28(35-30)14-15-31-29(26)24-18-33-34-19-24/h4-6,8-16,18-19,27,32H,3,7,17H2,1-2H3,(H,33,34). The van der Waals surface area contributed by atoms with Crippen molar-refractivity contribution in [2.24, 2.45) is 0 Å². The summed E-state index contributed by atoms with van der Waals surface area (Å²) in [5.74, 6) is 0.186. The van der Waals surface area contributed by atoms with E-state index in [2.05, 4.69) is 69.9 Å². The molecule has 180 valence electrons. The smallest absolute Gasteiger partial charge is 0.146 e. The van der Waals surface area contributed by atoms with Gasteiger partial charge < -0.3 is 5.32 Å². The van der Waals surface area contributed by atoms with Crippen molar-refractivity contribution >= 4 is 16.7 Å². The van der Waals surface area contributed by atoms with E-state index in [0.717, 1.165) is 62.9 Å². The average molecular weight is 476 g/mol. The third-order valence-electron chi connectivity index (χ3n) is 6.45. The van der Waals surface area contributed by atoms with Crippen LogP contribution in [0.25, 0.3) is 44.5 Å². The molecule has 6 heteroatoms. The number of rotatable bonds is 9. The number of aromatic amines is 1. The number of ketones is 1. The summed E-state index contributed by atoms with van der Waals surface area (Å²) in [5.41, 5.74) is 7.90. The number of Topliss-reactive ketones (excluding diaryl/α,β-unsaturated/α-hetero) is 1. The molecule has 0 bridgehead atoms. The monoisotopic (exact) mass is 475 g/mol. The summed E-state index contributed by atoms with van der Waals surface area (Å²) in [5, 5.41) is 11.4. The van der Waals surface area contributed by atoms with Crippen molar-refractivity contribution in [3.8, 4) is 33.6 Å². The van der Waals surface area contributed by atoms with Crippen LogP contribution in [0, 0.1) is 0 Å². The Bertz CT molecular complexity index is 1460. The first-order chi connectivity index (χ1) is 17.6. The molecule has 0 aliphatic rings. The molecule has 0 saturated carbocycles. The van der Waals surface area contributed by atoms with Gasteiger partial charge in [0.25, 0.3) is 0 Å². The average Bonchev–Trinajstić information content (AvgIpc) is 3.45. The minimum absolute atomic E-state index is 0.0976. The summed E-state index contributed by atoms with van der Waals surface area (Å²) >= 11 is 0. The summed E-state index contributed by atoms with van der Waals surface area (Å²) in [6.07, 6.45) is 7.25. The number of pyridine rings is 2. The third-order valence-corrected chi connectivity index (χ3v) is 6.45. The minimum atomic E-state index is -0.0976. The molecule has 0 amide bonds. The summed E-state index contributed by atoms with van der Waals surface area (Å²) in [4.78, 5) is 21.6. The zero-order valence-electron chi connectivity index (χ0n) is 20.5. The Balaban J connectivity index is 1.54. The van der Waals surface area contributed by atoms with Crippen LogP contribution in [0.4, 0.5) is 0 Å². The van der Waals surface area contributed by atoms with Crippen LogP contribution in [0.15, 0.2) is 85.3 Å². The second-order valence-corrected chi connectivity index (χ2v) is 8.99. The van der Waals surface area contributed by atoms with Crippen LogP contribution in [-0.4, -0.2) is 32.0 Å². The zero-order chi connectivity index (χ0) is 24.9. The Morgan fingerprint density at radius 2 is 1.78 bits per heavy atom. The molecule has 1 unspecified atom stereocenters. The second kappa shape index (κ2) is 10.6. The molecule has 2 N–H and O–H groups in total. The molecule has 0 radical (unpaired) electrons. The molecular formula is C30H29N5O. The van der Waals surface area contributed by atoms with Crippen molar-refractivity contribution in [1.29, 1.82) is 0 Å². The summed E-state index contributed by atoms with van der Waals surface area (Å²) in [7, 11) is 0. The van der Waals surface area contributed by atoms with Gasteiger partial charge in [-0.25, -0.2) is 4.98 Å². The predicted molar refractivity (Wildman–Crippen MR) is 144 cm³/mol. The SMILES string of the molecule is CCCC(NCc1ccc(-c2nc3ccnc(-c4cn[nH]c4)c3cc2-c2ccccc2)cc1)C(C)=O. The van der Waals surface area contributed by atoms with E-state index in [0.29, 0.717) is 6.54 Å². The van der Waals surface area contributed by atoms with Gasteiger partial charge >= 0.3 is 0 Å². The largest absolute Gasteiger partial charge is 0.303 e. The van der Waals surface area contributed by atoms with Crippen molar-refractivity contribution in [3.05, 3.63) is 90.9 Å². The number of carbonyl (C=O) groups is 1. The van der Waals surface area contributed by atoms with Crippen molar-refractivity contribution in [2.45, 2.75) is 39.3 Å². The number of hydrogen-bond donors (Lipinski definition) is 2. The maximum atomic E-state index is 11.9. The Morgan fingerprint density at radius 3 is 2.47 bits per heavy atom. The van der Waals surface area contributed by atoms with E-state index >= 15 is 0 Å². The van der Waals surface area contributed by atoms with Crippen LogP contribution in [0.3, 0.4) is 0 Å². The number of carbonyl (C=O) groups excluding carboxylic acids is 1. The van der Waals surface area contributed by atoms with E-state index in [1.807, 2.05) is 30.5 Å². The highest BCUT2D eigenvalue weighted by Gasteiger charge is 2.16.